The van der Waals surface area contributed by atoms with Crippen molar-refractivity contribution in [2.24, 2.45) is 0 Å². The maximum atomic E-state index is 13.0. The van der Waals surface area contributed by atoms with Gasteiger partial charge in [0, 0.05) is 17.5 Å². The van der Waals surface area contributed by atoms with Crippen molar-refractivity contribution in [2.45, 2.75) is 19.8 Å². The highest BCUT2D eigenvalue weighted by atomic mass is 32.1. The lowest BCUT2D eigenvalue weighted by Gasteiger charge is -2.09. The van der Waals surface area contributed by atoms with E-state index in [9.17, 15) is 10.1 Å². The van der Waals surface area contributed by atoms with Crippen molar-refractivity contribution in [3.05, 3.63) is 112 Å². The molecular formula is C30H23N3OS. The van der Waals surface area contributed by atoms with Crippen molar-refractivity contribution in [1.82, 2.24) is 4.98 Å². The maximum Gasteiger partial charge on any atom is 0.268 e. The van der Waals surface area contributed by atoms with E-state index in [1.54, 1.807) is 12.3 Å². The van der Waals surface area contributed by atoms with Crippen LogP contribution in [0.1, 0.15) is 28.5 Å². The average molecular weight is 474 g/mol. The Kier molecular flexibility index (Phi) is 6.38. The molecule has 5 heteroatoms. The van der Waals surface area contributed by atoms with E-state index in [0.717, 1.165) is 44.8 Å². The summed E-state index contributed by atoms with van der Waals surface area (Å²) in [5, 5.41) is 17.2. The van der Waals surface area contributed by atoms with E-state index >= 15 is 0 Å². The van der Waals surface area contributed by atoms with Crippen LogP contribution in [-0.2, 0) is 17.6 Å². The standard InChI is InChI=1S/C30H23N3OS/c1-2-20-11-13-21(14-12-20)15-25-19-32-30(35-25)33-29(34)24(18-31)17-28-26-9-5-3-7-22(26)16-23-8-4-6-10-27(23)28/h3-14,16-17,19H,2,15H2,1H3,(H,32,33,34)/b24-17+. The monoisotopic (exact) mass is 473 g/mol. The molecule has 0 saturated heterocycles. The summed E-state index contributed by atoms with van der Waals surface area (Å²) in [5.41, 5.74) is 3.41. The molecule has 1 heterocycles. The predicted molar refractivity (Wildman–Crippen MR) is 144 cm³/mol. The van der Waals surface area contributed by atoms with Gasteiger partial charge in [-0.25, -0.2) is 4.98 Å². The van der Waals surface area contributed by atoms with Crippen LogP contribution in [0.15, 0.2) is 90.6 Å². The molecule has 1 N–H and O–H groups in total. The van der Waals surface area contributed by atoms with E-state index < -0.39 is 5.91 Å². The Bertz CT molecular complexity index is 1550. The number of anilines is 1. The lowest BCUT2D eigenvalue weighted by Crippen LogP contribution is -2.13. The molecule has 1 amide bonds. The summed E-state index contributed by atoms with van der Waals surface area (Å²) in [6, 6.07) is 28.8. The third-order valence-electron chi connectivity index (χ3n) is 6.05. The summed E-state index contributed by atoms with van der Waals surface area (Å²) in [5.74, 6) is -0.460. The van der Waals surface area contributed by atoms with Crippen LogP contribution in [0.2, 0.25) is 0 Å². The van der Waals surface area contributed by atoms with Crippen LogP contribution >= 0.6 is 11.3 Å². The highest BCUT2D eigenvalue weighted by Crippen LogP contribution is 2.30. The first-order chi connectivity index (χ1) is 17.1. The van der Waals surface area contributed by atoms with E-state index in [-0.39, 0.29) is 5.57 Å². The first kappa shape index (κ1) is 22.5. The lowest BCUT2D eigenvalue weighted by atomic mass is 9.95. The van der Waals surface area contributed by atoms with Crippen LogP contribution in [0.5, 0.6) is 0 Å². The van der Waals surface area contributed by atoms with Crippen molar-refractivity contribution in [3.63, 3.8) is 0 Å². The zero-order chi connectivity index (χ0) is 24.2. The number of aryl methyl sites for hydroxylation is 1. The molecule has 5 aromatic rings. The van der Waals surface area contributed by atoms with E-state index in [1.165, 1.54) is 22.5 Å². The zero-order valence-electron chi connectivity index (χ0n) is 19.3. The van der Waals surface area contributed by atoms with E-state index in [2.05, 4.69) is 53.6 Å². The molecular weight excluding hydrogens is 450 g/mol. The first-order valence-corrected chi connectivity index (χ1v) is 12.3. The van der Waals surface area contributed by atoms with Gasteiger partial charge in [0.2, 0.25) is 0 Å². The largest absolute Gasteiger partial charge is 0.297 e. The second-order valence-corrected chi connectivity index (χ2v) is 9.45. The molecule has 0 aliphatic carbocycles. The van der Waals surface area contributed by atoms with Crippen molar-refractivity contribution in [1.29, 1.82) is 5.26 Å². The molecule has 0 aliphatic heterocycles. The number of aromatic nitrogens is 1. The minimum atomic E-state index is -0.460. The van der Waals surface area contributed by atoms with E-state index in [1.807, 2.05) is 48.5 Å². The molecule has 35 heavy (non-hydrogen) atoms. The number of benzene rings is 4. The SMILES string of the molecule is CCc1ccc(Cc2cnc(NC(=O)/C(C#N)=C/c3c4ccccc4cc4ccccc34)s2)cc1. The van der Waals surface area contributed by atoms with Gasteiger partial charge in [-0.3, -0.25) is 10.1 Å². The quantitative estimate of drug-likeness (QED) is 0.162. The number of hydrogen-bond acceptors (Lipinski definition) is 4. The van der Waals surface area contributed by atoms with Crippen LogP contribution in [0, 0.1) is 11.3 Å². The highest BCUT2D eigenvalue weighted by Gasteiger charge is 2.14. The van der Waals surface area contributed by atoms with Gasteiger partial charge in [0.05, 0.1) is 0 Å². The van der Waals surface area contributed by atoms with Crippen LogP contribution in [0.4, 0.5) is 5.13 Å². The molecule has 0 bridgehead atoms. The van der Waals surface area contributed by atoms with Crippen molar-refractivity contribution in [3.8, 4) is 6.07 Å². The Morgan fingerprint density at radius 3 is 2.23 bits per heavy atom. The molecule has 0 radical (unpaired) electrons. The number of nitrogens with zero attached hydrogens (tertiary/aromatic N) is 2. The van der Waals surface area contributed by atoms with Gasteiger partial charge in [-0.15, -0.1) is 11.3 Å². The normalized spacial score (nSPS) is 11.5. The predicted octanol–water partition coefficient (Wildman–Crippen LogP) is 7.15. The van der Waals surface area contributed by atoms with Gasteiger partial charge in [0.1, 0.15) is 11.6 Å². The molecule has 0 atom stereocenters. The number of thiazole rings is 1. The van der Waals surface area contributed by atoms with Gasteiger partial charge in [0.25, 0.3) is 5.91 Å². The molecule has 5 rings (SSSR count). The Morgan fingerprint density at radius 1 is 0.971 bits per heavy atom. The summed E-state index contributed by atoms with van der Waals surface area (Å²) in [7, 11) is 0. The van der Waals surface area contributed by atoms with Crippen molar-refractivity contribution >= 4 is 50.0 Å². The van der Waals surface area contributed by atoms with Gasteiger partial charge < -0.3 is 0 Å². The molecule has 4 nitrogen and oxygen atoms in total. The van der Waals surface area contributed by atoms with Crippen LogP contribution in [0.25, 0.3) is 27.6 Å². The van der Waals surface area contributed by atoms with Gasteiger partial charge in [-0.05, 0) is 56.8 Å². The van der Waals surface area contributed by atoms with Crippen molar-refractivity contribution < 1.29 is 4.79 Å². The summed E-state index contributed by atoms with van der Waals surface area (Å²) in [4.78, 5) is 18.4. The number of amides is 1. The number of nitrogens with one attached hydrogen (secondary N) is 1. The summed E-state index contributed by atoms with van der Waals surface area (Å²) in [6.07, 6.45) is 5.23. The molecule has 0 fully saturated rings. The van der Waals surface area contributed by atoms with Gasteiger partial charge in [0.15, 0.2) is 5.13 Å². The molecule has 0 aliphatic rings. The summed E-state index contributed by atoms with van der Waals surface area (Å²) < 4.78 is 0. The fourth-order valence-electron chi connectivity index (χ4n) is 4.20. The first-order valence-electron chi connectivity index (χ1n) is 11.5. The molecule has 4 aromatic carbocycles. The fourth-order valence-corrected chi connectivity index (χ4v) is 5.04. The van der Waals surface area contributed by atoms with Crippen LogP contribution in [-0.4, -0.2) is 10.9 Å². The topological polar surface area (TPSA) is 65.8 Å². The Hall–Kier alpha value is -4.27. The van der Waals surface area contributed by atoms with Crippen molar-refractivity contribution in [2.75, 3.05) is 5.32 Å². The number of rotatable bonds is 6. The number of hydrogen-bond donors (Lipinski definition) is 1. The molecule has 0 unspecified atom stereocenters. The minimum Gasteiger partial charge on any atom is -0.297 e. The van der Waals surface area contributed by atoms with Gasteiger partial charge in [-0.2, -0.15) is 5.26 Å². The van der Waals surface area contributed by atoms with Crippen LogP contribution < -0.4 is 5.32 Å². The Balaban J connectivity index is 1.41. The average Bonchev–Trinajstić information content (AvgIpc) is 3.33. The molecule has 1 aromatic heterocycles. The third-order valence-corrected chi connectivity index (χ3v) is 6.96. The Morgan fingerprint density at radius 2 is 1.60 bits per heavy atom. The Labute approximate surface area is 208 Å². The highest BCUT2D eigenvalue weighted by molar-refractivity contribution is 7.15. The third kappa shape index (κ3) is 4.84. The minimum absolute atomic E-state index is 0.0402. The van der Waals surface area contributed by atoms with Gasteiger partial charge in [-0.1, -0.05) is 79.7 Å². The fraction of sp³-hybridized carbons (Fsp3) is 0.100. The second-order valence-electron chi connectivity index (χ2n) is 8.34. The number of carbonyl (C=O) groups is 1. The molecule has 170 valence electrons. The maximum absolute atomic E-state index is 13.0. The molecule has 0 spiro atoms. The zero-order valence-corrected chi connectivity index (χ0v) is 20.1. The van der Waals surface area contributed by atoms with Crippen LogP contribution in [0.3, 0.4) is 0 Å². The number of fused-ring (bicyclic) bond motifs is 2. The smallest absolute Gasteiger partial charge is 0.268 e. The number of carbonyl (C=O) groups excluding carboxylic acids is 1. The van der Waals surface area contributed by atoms with Gasteiger partial charge >= 0.3 is 0 Å². The summed E-state index contributed by atoms with van der Waals surface area (Å²) >= 11 is 1.43. The second kappa shape index (κ2) is 9.92. The molecule has 0 saturated carbocycles. The van der Waals surface area contributed by atoms with E-state index in [4.69, 9.17) is 0 Å². The number of nitriles is 1. The summed E-state index contributed by atoms with van der Waals surface area (Å²) in [6.45, 7) is 2.14. The lowest BCUT2D eigenvalue weighted by molar-refractivity contribution is -0.112. The van der Waals surface area contributed by atoms with E-state index in [0.29, 0.717) is 5.13 Å².